The summed E-state index contributed by atoms with van der Waals surface area (Å²) in [5, 5.41) is 10.5. The standard InChI is InChI=1S/C15H13BrF2O/c1-15(19,11-6-2-3-7-12(11)17)9-10-5-4-8-13(18)14(10)16/h2-8,19H,9H2,1H3. The fourth-order valence-electron chi connectivity index (χ4n) is 2.05. The van der Waals surface area contributed by atoms with E-state index in [-0.39, 0.29) is 12.0 Å². The minimum atomic E-state index is -1.40. The van der Waals surface area contributed by atoms with Crippen LogP contribution in [0.1, 0.15) is 18.1 Å². The Balaban J connectivity index is 2.36. The normalized spacial score (nSPS) is 14.2. The highest BCUT2D eigenvalue weighted by atomic mass is 79.9. The maximum Gasteiger partial charge on any atom is 0.137 e. The summed E-state index contributed by atoms with van der Waals surface area (Å²) in [6, 6.07) is 10.6. The van der Waals surface area contributed by atoms with E-state index in [1.54, 1.807) is 24.3 Å². The van der Waals surface area contributed by atoms with Crippen LogP contribution in [0.4, 0.5) is 8.78 Å². The Labute approximate surface area is 119 Å². The molecule has 0 heterocycles. The predicted octanol–water partition coefficient (Wildman–Crippen LogP) is 4.18. The number of hydrogen-bond acceptors (Lipinski definition) is 1. The Morgan fingerprint density at radius 2 is 1.68 bits per heavy atom. The predicted molar refractivity (Wildman–Crippen MR) is 73.8 cm³/mol. The van der Waals surface area contributed by atoms with Crippen molar-refractivity contribution in [1.82, 2.24) is 0 Å². The van der Waals surface area contributed by atoms with E-state index in [2.05, 4.69) is 15.9 Å². The fraction of sp³-hybridized carbons (Fsp3) is 0.200. The Hall–Kier alpha value is -1.26. The summed E-state index contributed by atoms with van der Waals surface area (Å²) in [6.45, 7) is 1.52. The monoisotopic (exact) mass is 326 g/mol. The molecule has 0 aromatic heterocycles. The topological polar surface area (TPSA) is 20.2 Å². The Kier molecular flexibility index (Phi) is 4.02. The Bertz CT molecular complexity index is 596. The van der Waals surface area contributed by atoms with Gasteiger partial charge in [-0.1, -0.05) is 30.3 Å². The molecule has 0 radical (unpaired) electrons. The Morgan fingerprint density at radius 1 is 1.05 bits per heavy atom. The number of rotatable bonds is 3. The van der Waals surface area contributed by atoms with Gasteiger partial charge in [-0.25, -0.2) is 8.78 Å². The van der Waals surface area contributed by atoms with Gasteiger partial charge < -0.3 is 5.11 Å². The summed E-state index contributed by atoms with van der Waals surface area (Å²) in [5.74, 6) is -0.873. The van der Waals surface area contributed by atoms with Crippen LogP contribution in [0.25, 0.3) is 0 Å². The summed E-state index contributed by atoms with van der Waals surface area (Å²) in [5.41, 5.74) is -0.610. The van der Waals surface area contributed by atoms with E-state index in [0.29, 0.717) is 10.0 Å². The molecule has 100 valence electrons. The van der Waals surface area contributed by atoms with Gasteiger partial charge in [-0.3, -0.25) is 0 Å². The summed E-state index contributed by atoms with van der Waals surface area (Å²) in [4.78, 5) is 0. The van der Waals surface area contributed by atoms with Gasteiger partial charge in [-0.05, 0) is 40.5 Å². The first-order valence-corrected chi connectivity index (χ1v) is 6.61. The molecule has 0 saturated heterocycles. The summed E-state index contributed by atoms with van der Waals surface area (Å²) >= 11 is 3.14. The molecular weight excluding hydrogens is 314 g/mol. The molecule has 1 atom stereocenters. The van der Waals surface area contributed by atoms with Crippen LogP contribution in [-0.2, 0) is 12.0 Å². The third-order valence-electron chi connectivity index (χ3n) is 3.02. The van der Waals surface area contributed by atoms with Crippen LogP contribution < -0.4 is 0 Å². The lowest BCUT2D eigenvalue weighted by atomic mass is 9.89. The molecule has 0 spiro atoms. The molecule has 1 unspecified atom stereocenters. The van der Waals surface area contributed by atoms with Crippen molar-refractivity contribution in [3.8, 4) is 0 Å². The molecule has 0 aliphatic heterocycles. The first-order chi connectivity index (χ1) is 8.92. The molecule has 0 aliphatic rings. The zero-order chi connectivity index (χ0) is 14.0. The smallest absolute Gasteiger partial charge is 0.137 e. The minimum absolute atomic E-state index is 0.117. The number of aliphatic hydroxyl groups is 1. The summed E-state index contributed by atoms with van der Waals surface area (Å²) in [7, 11) is 0. The van der Waals surface area contributed by atoms with Crippen molar-refractivity contribution in [2.24, 2.45) is 0 Å². The van der Waals surface area contributed by atoms with E-state index in [4.69, 9.17) is 0 Å². The average molecular weight is 327 g/mol. The van der Waals surface area contributed by atoms with Crippen LogP contribution in [0.3, 0.4) is 0 Å². The number of hydrogen-bond donors (Lipinski definition) is 1. The highest BCUT2D eigenvalue weighted by molar-refractivity contribution is 9.10. The largest absolute Gasteiger partial charge is 0.385 e. The van der Waals surface area contributed by atoms with Gasteiger partial charge in [0.15, 0.2) is 0 Å². The van der Waals surface area contributed by atoms with Crippen LogP contribution in [-0.4, -0.2) is 5.11 Å². The van der Waals surface area contributed by atoms with Crippen LogP contribution in [0.15, 0.2) is 46.9 Å². The van der Waals surface area contributed by atoms with Crippen molar-refractivity contribution in [3.63, 3.8) is 0 Å². The van der Waals surface area contributed by atoms with Gasteiger partial charge in [-0.15, -0.1) is 0 Å². The molecule has 0 amide bonds. The molecule has 2 aromatic carbocycles. The second kappa shape index (κ2) is 5.39. The lowest BCUT2D eigenvalue weighted by molar-refractivity contribution is 0.0536. The van der Waals surface area contributed by atoms with E-state index < -0.39 is 17.2 Å². The molecule has 0 aliphatic carbocycles. The fourth-order valence-corrected chi connectivity index (χ4v) is 2.45. The highest BCUT2D eigenvalue weighted by Gasteiger charge is 2.27. The van der Waals surface area contributed by atoms with Crippen LogP contribution in [0.5, 0.6) is 0 Å². The van der Waals surface area contributed by atoms with Gasteiger partial charge in [0.2, 0.25) is 0 Å². The van der Waals surface area contributed by atoms with Gasteiger partial charge >= 0.3 is 0 Å². The molecule has 2 rings (SSSR count). The molecule has 1 nitrogen and oxygen atoms in total. The van der Waals surface area contributed by atoms with Crippen LogP contribution in [0, 0.1) is 11.6 Å². The first kappa shape index (κ1) is 14.2. The molecule has 0 fully saturated rings. The van der Waals surface area contributed by atoms with Crippen molar-refractivity contribution < 1.29 is 13.9 Å². The van der Waals surface area contributed by atoms with E-state index in [9.17, 15) is 13.9 Å². The molecule has 19 heavy (non-hydrogen) atoms. The summed E-state index contributed by atoms with van der Waals surface area (Å²) in [6.07, 6.45) is 0.117. The van der Waals surface area contributed by atoms with Gasteiger partial charge in [0.25, 0.3) is 0 Å². The van der Waals surface area contributed by atoms with Crippen LogP contribution in [0.2, 0.25) is 0 Å². The second-order valence-electron chi connectivity index (χ2n) is 4.64. The molecule has 1 N–H and O–H groups in total. The average Bonchev–Trinajstić information content (AvgIpc) is 2.35. The van der Waals surface area contributed by atoms with E-state index in [0.717, 1.165) is 0 Å². The highest BCUT2D eigenvalue weighted by Crippen LogP contribution is 2.31. The van der Waals surface area contributed by atoms with Crippen molar-refractivity contribution in [2.75, 3.05) is 0 Å². The zero-order valence-electron chi connectivity index (χ0n) is 10.3. The van der Waals surface area contributed by atoms with Crippen molar-refractivity contribution in [3.05, 3.63) is 69.7 Å². The maximum absolute atomic E-state index is 13.7. The molecular formula is C15H13BrF2O. The second-order valence-corrected chi connectivity index (χ2v) is 5.44. The van der Waals surface area contributed by atoms with E-state index in [1.165, 1.54) is 25.1 Å². The van der Waals surface area contributed by atoms with Crippen LogP contribution >= 0.6 is 15.9 Å². The van der Waals surface area contributed by atoms with E-state index >= 15 is 0 Å². The van der Waals surface area contributed by atoms with Crippen molar-refractivity contribution in [1.29, 1.82) is 0 Å². The van der Waals surface area contributed by atoms with Crippen molar-refractivity contribution in [2.45, 2.75) is 18.9 Å². The van der Waals surface area contributed by atoms with Gasteiger partial charge in [0, 0.05) is 12.0 Å². The lowest BCUT2D eigenvalue weighted by Gasteiger charge is -2.25. The maximum atomic E-state index is 13.7. The lowest BCUT2D eigenvalue weighted by Crippen LogP contribution is -2.26. The van der Waals surface area contributed by atoms with Gasteiger partial charge in [-0.2, -0.15) is 0 Å². The Morgan fingerprint density at radius 3 is 2.37 bits per heavy atom. The van der Waals surface area contributed by atoms with Crippen molar-refractivity contribution >= 4 is 15.9 Å². The molecule has 2 aromatic rings. The molecule has 4 heteroatoms. The molecule has 0 saturated carbocycles. The van der Waals surface area contributed by atoms with E-state index in [1.807, 2.05) is 0 Å². The summed E-state index contributed by atoms with van der Waals surface area (Å²) < 4.78 is 27.5. The first-order valence-electron chi connectivity index (χ1n) is 5.82. The molecule has 0 bridgehead atoms. The number of benzene rings is 2. The van der Waals surface area contributed by atoms with Gasteiger partial charge in [0.1, 0.15) is 11.6 Å². The zero-order valence-corrected chi connectivity index (χ0v) is 11.9. The SMILES string of the molecule is CC(O)(Cc1cccc(F)c1Br)c1ccccc1F. The third-order valence-corrected chi connectivity index (χ3v) is 3.91. The number of halogens is 3. The van der Waals surface area contributed by atoms with Gasteiger partial charge in [0.05, 0.1) is 10.1 Å². The minimum Gasteiger partial charge on any atom is -0.385 e. The quantitative estimate of drug-likeness (QED) is 0.897. The third kappa shape index (κ3) is 3.01.